The third-order valence-corrected chi connectivity index (χ3v) is 3.93. The molecule has 0 fully saturated rings. The van der Waals surface area contributed by atoms with Crippen molar-refractivity contribution >= 4 is 10.0 Å². The topological polar surface area (TPSA) is 96.0 Å². The van der Waals surface area contributed by atoms with Crippen LogP contribution in [0.15, 0.2) is 29.2 Å². The highest BCUT2D eigenvalue weighted by Gasteiger charge is 2.24. The van der Waals surface area contributed by atoms with Gasteiger partial charge in [0.25, 0.3) is 0 Å². The van der Waals surface area contributed by atoms with Crippen LogP contribution in [0, 0.1) is 11.3 Å². The fraction of sp³-hybridized carbons (Fsp3) is 0.364. The molecule has 0 heterocycles. The summed E-state index contributed by atoms with van der Waals surface area (Å²) in [7, 11) is -3.59. The minimum Gasteiger partial charge on any atom is -0.329 e. The van der Waals surface area contributed by atoms with Gasteiger partial charge in [0.15, 0.2) is 0 Å². The molecule has 0 spiro atoms. The Morgan fingerprint density at radius 1 is 1.35 bits per heavy atom. The fourth-order valence-electron chi connectivity index (χ4n) is 1.17. The molecule has 0 unspecified atom stereocenters. The molecule has 5 nitrogen and oxygen atoms in total. The van der Waals surface area contributed by atoms with Gasteiger partial charge in [0.2, 0.25) is 10.0 Å². The molecule has 0 saturated heterocycles. The van der Waals surface area contributed by atoms with Gasteiger partial charge in [0.1, 0.15) is 0 Å². The summed E-state index contributed by atoms with van der Waals surface area (Å²) in [5.74, 6) is 0. The molecule has 1 aromatic carbocycles. The van der Waals surface area contributed by atoms with Crippen molar-refractivity contribution in [3.05, 3.63) is 29.8 Å². The quantitative estimate of drug-likeness (QED) is 0.820. The first-order valence-corrected chi connectivity index (χ1v) is 6.53. The van der Waals surface area contributed by atoms with Crippen molar-refractivity contribution in [3.8, 4) is 6.07 Å². The molecule has 0 saturated carbocycles. The number of nitrogens with zero attached hydrogens (tertiary/aromatic N) is 1. The molecule has 6 heteroatoms. The van der Waals surface area contributed by atoms with E-state index in [0.717, 1.165) is 0 Å². The second-order valence-electron chi connectivity index (χ2n) is 4.33. The Kier molecular flexibility index (Phi) is 3.88. The average molecular weight is 253 g/mol. The fourth-order valence-corrected chi connectivity index (χ4v) is 2.60. The molecule has 0 radical (unpaired) electrons. The van der Waals surface area contributed by atoms with Gasteiger partial charge in [-0.1, -0.05) is 0 Å². The van der Waals surface area contributed by atoms with Gasteiger partial charge in [0, 0.05) is 12.1 Å². The summed E-state index contributed by atoms with van der Waals surface area (Å²) in [5.41, 5.74) is 5.18. The number of nitriles is 1. The van der Waals surface area contributed by atoms with Gasteiger partial charge in [0.05, 0.1) is 16.5 Å². The van der Waals surface area contributed by atoms with Crippen molar-refractivity contribution < 1.29 is 8.42 Å². The minimum absolute atomic E-state index is 0.123. The molecule has 0 amide bonds. The Bertz CT molecular complexity index is 527. The van der Waals surface area contributed by atoms with Gasteiger partial charge in [-0.3, -0.25) is 0 Å². The van der Waals surface area contributed by atoms with E-state index >= 15 is 0 Å². The first-order chi connectivity index (χ1) is 7.80. The normalized spacial score (nSPS) is 12.1. The average Bonchev–Trinajstić information content (AvgIpc) is 2.28. The Hall–Kier alpha value is -1.42. The second kappa shape index (κ2) is 4.84. The van der Waals surface area contributed by atoms with Crippen LogP contribution in [0.4, 0.5) is 0 Å². The van der Waals surface area contributed by atoms with Crippen LogP contribution in [-0.4, -0.2) is 20.5 Å². The predicted molar refractivity (Wildman–Crippen MR) is 64.6 cm³/mol. The summed E-state index contributed by atoms with van der Waals surface area (Å²) in [6, 6.07) is 7.65. The standard InChI is InChI=1S/C11H15N3O2S/c1-11(2,8-13)14-17(15,16)10-5-3-9(7-12)4-6-10/h3-6,14H,8,13H2,1-2H3. The lowest BCUT2D eigenvalue weighted by atomic mass is 10.1. The highest BCUT2D eigenvalue weighted by molar-refractivity contribution is 7.89. The van der Waals surface area contributed by atoms with Gasteiger partial charge in [-0.2, -0.15) is 5.26 Å². The van der Waals surface area contributed by atoms with Crippen LogP contribution in [0.1, 0.15) is 19.4 Å². The summed E-state index contributed by atoms with van der Waals surface area (Å²) in [6.07, 6.45) is 0. The molecule has 1 aromatic rings. The number of sulfonamides is 1. The van der Waals surface area contributed by atoms with Crippen LogP contribution in [0.25, 0.3) is 0 Å². The number of benzene rings is 1. The van der Waals surface area contributed by atoms with Crippen molar-refractivity contribution in [2.24, 2.45) is 5.73 Å². The third kappa shape index (κ3) is 3.53. The van der Waals surface area contributed by atoms with Crippen LogP contribution in [0.5, 0.6) is 0 Å². The number of nitrogens with two attached hydrogens (primary N) is 1. The van der Waals surface area contributed by atoms with E-state index in [0.29, 0.717) is 5.56 Å². The number of hydrogen-bond acceptors (Lipinski definition) is 4. The Balaban J connectivity index is 3.02. The van der Waals surface area contributed by atoms with E-state index in [9.17, 15) is 8.42 Å². The zero-order valence-corrected chi connectivity index (χ0v) is 10.6. The Morgan fingerprint density at radius 3 is 2.29 bits per heavy atom. The highest BCUT2D eigenvalue weighted by atomic mass is 32.2. The van der Waals surface area contributed by atoms with E-state index in [2.05, 4.69) is 4.72 Å². The van der Waals surface area contributed by atoms with E-state index in [1.54, 1.807) is 13.8 Å². The summed E-state index contributed by atoms with van der Waals surface area (Å²) in [5, 5.41) is 8.62. The minimum atomic E-state index is -3.59. The Labute approximate surface area is 101 Å². The van der Waals surface area contributed by atoms with Gasteiger partial charge in [-0.15, -0.1) is 0 Å². The van der Waals surface area contributed by atoms with Gasteiger partial charge in [-0.25, -0.2) is 13.1 Å². The van der Waals surface area contributed by atoms with Crippen molar-refractivity contribution in [3.63, 3.8) is 0 Å². The molecular formula is C11H15N3O2S. The Morgan fingerprint density at radius 2 is 1.88 bits per heavy atom. The molecule has 92 valence electrons. The highest BCUT2D eigenvalue weighted by Crippen LogP contribution is 2.13. The number of rotatable bonds is 4. The van der Waals surface area contributed by atoms with E-state index < -0.39 is 15.6 Å². The zero-order valence-electron chi connectivity index (χ0n) is 9.77. The predicted octanol–water partition coefficient (Wildman–Crippen LogP) is 0.574. The van der Waals surface area contributed by atoms with Crippen molar-refractivity contribution in [1.29, 1.82) is 5.26 Å². The molecule has 0 aliphatic rings. The lowest BCUT2D eigenvalue weighted by Gasteiger charge is -2.23. The lowest BCUT2D eigenvalue weighted by molar-refractivity contribution is 0.462. The van der Waals surface area contributed by atoms with Crippen molar-refractivity contribution in [2.75, 3.05) is 6.54 Å². The van der Waals surface area contributed by atoms with Crippen molar-refractivity contribution in [1.82, 2.24) is 4.72 Å². The van der Waals surface area contributed by atoms with Gasteiger partial charge >= 0.3 is 0 Å². The summed E-state index contributed by atoms with van der Waals surface area (Å²) >= 11 is 0. The second-order valence-corrected chi connectivity index (χ2v) is 6.01. The molecule has 1 rings (SSSR count). The largest absolute Gasteiger partial charge is 0.329 e. The molecule has 0 aliphatic carbocycles. The lowest BCUT2D eigenvalue weighted by Crippen LogP contribution is -2.48. The maximum Gasteiger partial charge on any atom is 0.241 e. The molecule has 0 aliphatic heterocycles. The van der Waals surface area contributed by atoms with Crippen LogP contribution >= 0.6 is 0 Å². The third-order valence-electron chi connectivity index (χ3n) is 2.21. The maximum absolute atomic E-state index is 12.0. The smallest absolute Gasteiger partial charge is 0.241 e. The van der Waals surface area contributed by atoms with Crippen LogP contribution in [0.3, 0.4) is 0 Å². The molecule has 0 aromatic heterocycles. The molecule has 3 N–H and O–H groups in total. The van der Waals surface area contributed by atoms with E-state index in [1.807, 2.05) is 6.07 Å². The van der Waals surface area contributed by atoms with Gasteiger partial charge < -0.3 is 5.73 Å². The zero-order chi connectivity index (χ0) is 13.1. The van der Waals surface area contributed by atoms with Crippen molar-refractivity contribution in [2.45, 2.75) is 24.3 Å². The molecule has 0 bridgehead atoms. The molecular weight excluding hydrogens is 238 g/mol. The van der Waals surface area contributed by atoms with Crippen LogP contribution in [0.2, 0.25) is 0 Å². The van der Waals surface area contributed by atoms with Crippen LogP contribution < -0.4 is 10.5 Å². The van der Waals surface area contributed by atoms with E-state index in [1.165, 1.54) is 24.3 Å². The number of hydrogen-bond donors (Lipinski definition) is 2. The SMILES string of the molecule is CC(C)(CN)NS(=O)(=O)c1ccc(C#N)cc1. The summed E-state index contributed by atoms with van der Waals surface area (Å²) in [4.78, 5) is 0.123. The maximum atomic E-state index is 12.0. The first-order valence-electron chi connectivity index (χ1n) is 5.05. The molecule has 17 heavy (non-hydrogen) atoms. The van der Waals surface area contributed by atoms with Gasteiger partial charge in [-0.05, 0) is 38.1 Å². The first kappa shape index (κ1) is 13.6. The van der Waals surface area contributed by atoms with E-state index in [-0.39, 0.29) is 11.4 Å². The van der Waals surface area contributed by atoms with Crippen LogP contribution in [-0.2, 0) is 10.0 Å². The molecule has 0 atom stereocenters. The summed E-state index contributed by atoms with van der Waals surface area (Å²) < 4.78 is 26.4. The monoisotopic (exact) mass is 253 g/mol. The summed E-state index contributed by atoms with van der Waals surface area (Å²) in [6.45, 7) is 3.60. The van der Waals surface area contributed by atoms with E-state index in [4.69, 9.17) is 11.0 Å². The number of nitrogens with one attached hydrogen (secondary N) is 1.